The number of rotatable bonds is 7. The molecule has 0 fully saturated rings. The Kier molecular flexibility index (Phi) is 6.75. The van der Waals surface area contributed by atoms with E-state index in [1.807, 2.05) is 65.7 Å². The highest BCUT2D eigenvalue weighted by molar-refractivity contribution is 9.10. The zero-order chi connectivity index (χ0) is 19.2. The van der Waals surface area contributed by atoms with Gasteiger partial charge in [0.25, 0.3) is 5.91 Å². The van der Waals surface area contributed by atoms with Crippen LogP contribution in [0.15, 0.2) is 71.3 Å². The molecule has 2 aromatic carbocycles. The topological polar surface area (TPSA) is 25.2 Å². The number of benzene rings is 2. The molecule has 140 valence electrons. The molecule has 0 saturated carbocycles. The van der Waals surface area contributed by atoms with Gasteiger partial charge in [-0.2, -0.15) is 0 Å². The summed E-state index contributed by atoms with van der Waals surface area (Å²) in [6.45, 7) is 4.04. The molecular formula is C22H22BrClN2O. The normalized spacial score (nSPS) is 10.8. The van der Waals surface area contributed by atoms with Crippen LogP contribution < -0.4 is 0 Å². The van der Waals surface area contributed by atoms with Crippen LogP contribution in [0, 0.1) is 0 Å². The highest BCUT2D eigenvalue weighted by Crippen LogP contribution is 2.21. The van der Waals surface area contributed by atoms with Crippen molar-refractivity contribution in [3.63, 3.8) is 0 Å². The average molecular weight is 446 g/mol. The lowest BCUT2D eigenvalue weighted by Gasteiger charge is -2.24. The largest absolute Gasteiger partial charge is 0.345 e. The van der Waals surface area contributed by atoms with Crippen LogP contribution >= 0.6 is 27.5 Å². The van der Waals surface area contributed by atoms with Crippen molar-refractivity contribution in [3.8, 4) is 0 Å². The molecule has 27 heavy (non-hydrogen) atoms. The van der Waals surface area contributed by atoms with Gasteiger partial charge in [0.2, 0.25) is 0 Å². The molecule has 5 heteroatoms. The van der Waals surface area contributed by atoms with Gasteiger partial charge in [0.15, 0.2) is 0 Å². The standard InChI is InChI=1S/C22H22BrClN2O/c1-2-13-26(22(27)19-10-4-5-11-20(19)23)16-18-9-7-14-25(18)15-17-8-3-6-12-21(17)24/h3-12,14H,2,13,15-16H2,1H3. The van der Waals surface area contributed by atoms with Crippen molar-refractivity contribution in [1.29, 1.82) is 0 Å². The van der Waals surface area contributed by atoms with E-state index in [1.165, 1.54) is 0 Å². The molecule has 0 saturated heterocycles. The van der Waals surface area contributed by atoms with Crippen LogP contribution in [0.4, 0.5) is 0 Å². The molecule has 0 unspecified atom stereocenters. The maximum atomic E-state index is 13.1. The fraction of sp³-hybridized carbons (Fsp3) is 0.227. The summed E-state index contributed by atoms with van der Waals surface area (Å²) in [7, 11) is 0. The molecule has 0 aliphatic heterocycles. The van der Waals surface area contributed by atoms with Gasteiger partial charge in [0, 0.05) is 34.5 Å². The first-order valence-electron chi connectivity index (χ1n) is 9.01. The van der Waals surface area contributed by atoms with Gasteiger partial charge in [-0.25, -0.2) is 0 Å². The SMILES string of the molecule is CCCN(Cc1cccn1Cc1ccccc1Cl)C(=O)c1ccccc1Br. The summed E-state index contributed by atoms with van der Waals surface area (Å²) >= 11 is 9.81. The third kappa shape index (κ3) is 4.82. The van der Waals surface area contributed by atoms with Crippen LogP contribution in [0.3, 0.4) is 0 Å². The Labute approximate surface area is 173 Å². The molecule has 0 aliphatic carbocycles. The summed E-state index contributed by atoms with van der Waals surface area (Å²) in [6.07, 6.45) is 2.94. The fourth-order valence-corrected chi connectivity index (χ4v) is 3.73. The summed E-state index contributed by atoms with van der Waals surface area (Å²) in [4.78, 5) is 15.0. The van der Waals surface area contributed by atoms with Crippen molar-refractivity contribution in [3.05, 3.63) is 93.2 Å². The lowest BCUT2D eigenvalue weighted by molar-refractivity contribution is 0.0738. The first-order valence-corrected chi connectivity index (χ1v) is 10.2. The maximum Gasteiger partial charge on any atom is 0.255 e. The molecule has 0 radical (unpaired) electrons. The molecule has 3 rings (SSSR count). The smallest absolute Gasteiger partial charge is 0.255 e. The van der Waals surface area contributed by atoms with Crippen LogP contribution in [0.1, 0.15) is 35.0 Å². The second kappa shape index (κ2) is 9.25. The number of carbonyl (C=O) groups is 1. The predicted octanol–water partition coefficient (Wildman–Crippen LogP) is 6.00. The molecular weight excluding hydrogens is 424 g/mol. The summed E-state index contributed by atoms with van der Waals surface area (Å²) in [6, 6.07) is 19.5. The van der Waals surface area contributed by atoms with Gasteiger partial charge in [-0.05, 0) is 58.2 Å². The molecule has 3 nitrogen and oxygen atoms in total. The van der Waals surface area contributed by atoms with Gasteiger partial charge in [-0.15, -0.1) is 0 Å². The lowest BCUT2D eigenvalue weighted by atomic mass is 10.2. The summed E-state index contributed by atoms with van der Waals surface area (Å²) in [5.41, 5.74) is 2.84. The fourth-order valence-electron chi connectivity index (χ4n) is 3.08. The van der Waals surface area contributed by atoms with Crippen molar-refractivity contribution in [2.75, 3.05) is 6.54 Å². The monoisotopic (exact) mass is 444 g/mol. The van der Waals surface area contributed by atoms with Crippen LogP contribution in [-0.2, 0) is 13.1 Å². The van der Waals surface area contributed by atoms with Crippen molar-refractivity contribution < 1.29 is 4.79 Å². The number of nitrogens with zero attached hydrogens (tertiary/aromatic N) is 2. The zero-order valence-electron chi connectivity index (χ0n) is 15.2. The minimum Gasteiger partial charge on any atom is -0.345 e. The average Bonchev–Trinajstić information content (AvgIpc) is 3.10. The van der Waals surface area contributed by atoms with Crippen molar-refractivity contribution >= 4 is 33.4 Å². The first-order chi connectivity index (χ1) is 13.1. The van der Waals surface area contributed by atoms with Gasteiger partial charge in [0.05, 0.1) is 12.1 Å². The van der Waals surface area contributed by atoms with Gasteiger partial charge < -0.3 is 9.47 Å². The molecule has 1 aromatic heterocycles. The number of halogens is 2. The van der Waals surface area contributed by atoms with E-state index in [0.717, 1.165) is 27.2 Å². The van der Waals surface area contributed by atoms with E-state index in [4.69, 9.17) is 11.6 Å². The quantitative estimate of drug-likeness (QED) is 0.437. The minimum absolute atomic E-state index is 0.0369. The van der Waals surface area contributed by atoms with Crippen LogP contribution in [0.5, 0.6) is 0 Å². The Bertz CT molecular complexity index is 922. The summed E-state index contributed by atoms with van der Waals surface area (Å²) in [5, 5.41) is 0.756. The molecule has 1 amide bonds. The van der Waals surface area contributed by atoms with Crippen molar-refractivity contribution in [2.45, 2.75) is 26.4 Å². The highest BCUT2D eigenvalue weighted by atomic mass is 79.9. The second-order valence-electron chi connectivity index (χ2n) is 6.43. The number of hydrogen-bond donors (Lipinski definition) is 0. The van der Waals surface area contributed by atoms with Crippen LogP contribution in [0.25, 0.3) is 0 Å². The van der Waals surface area contributed by atoms with Crippen LogP contribution in [0.2, 0.25) is 5.02 Å². The van der Waals surface area contributed by atoms with E-state index >= 15 is 0 Å². The van der Waals surface area contributed by atoms with E-state index in [-0.39, 0.29) is 5.91 Å². The molecule has 3 aromatic rings. The number of hydrogen-bond acceptors (Lipinski definition) is 1. The Morgan fingerprint density at radius 2 is 1.81 bits per heavy atom. The van der Waals surface area contributed by atoms with Gasteiger partial charge in [-0.3, -0.25) is 4.79 Å². The Hall–Kier alpha value is -2.04. The number of aromatic nitrogens is 1. The van der Waals surface area contributed by atoms with E-state index in [9.17, 15) is 4.79 Å². The van der Waals surface area contributed by atoms with E-state index in [0.29, 0.717) is 25.2 Å². The van der Waals surface area contributed by atoms with Crippen LogP contribution in [-0.4, -0.2) is 21.9 Å². The molecule has 0 atom stereocenters. The Morgan fingerprint density at radius 1 is 1.07 bits per heavy atom. The summed E-state index contributed by atoms with van der Waals surface area (Å²) in [5.74, 6) is 0.0369. The molecule has 0 aliphatic rings. The Morgan fingerprint density at radius 3 is 2.56 bits per heavy atom. The van der Waals surface area contributed by atoms with Gasteiger partial charge >= 0.3 is 0 Å². The van der Waals surface area contributed by atoms with Crippen molar-refractivity contribution in [1.82, 2.24) is 9.47 Å². The third-order valence-electron chi connectivity index (χ3n) is 4.46. The maximum absolute atomic E-state index is 13.1. The molecule has 0 spiro atoms. The molecule has 0 N–H and O–H groups in total. The number of carbonyl (C=O) groups excluding carboxylic acids is 1. The van der Waals surface area contributed by atoms with E-state index in [1.54, 1.807) is 0 Å². The molecule has 0 bridgehead atoms. The third-order valence-corrected chi connectivity index (χ3v) is 5.52. The van der Waals surface area contributed by atoms with E-state index in [2.05, 4.69) is 33.5 Å². The van der Waals surface area contributed by atoms with Crippen molar-refractivity contribution in [2.24, 2.45) is 0 Å². The summed E-state index contributed by atoms with van der Waals surface area (Å²) < 4.78 is 2.97. The first kappa shape index (κ1) is 19.7. The minimum atomic E-state index is 0.0369. The zero-order valence-corrected chi connectivity index (χ0v) is 17.6. The van der Waals surface area contributed by atoms with Gasteiger partial charge in [-0.1, -0.05) is 48.9 Å². The molecule has 1 heterocycles. The highest BCUT2D eigenvalue weighted by Gasteiger charge is 2.19. The Balaban J connectivity index is 1.82. The number of amides is 1. The van der Waals surface area contributed by atoms with Gasteiger partial charge in [0.1, 0.15) is 0 Å². The second-order valence-corrected chi connectivity index (χ2v) is 7.69. The predicted molar refractivity (Wildman–Crippen MR) is 114 cm³/mol. The lowest BCUT2D eigenvalue weighted by Crippen LogP contribution is -2.32. The van der Waals surface area contributed by atoms with E-state index < -0.39 is 0 Å².